The molecule has 0 aliphatic heterocycles. The SMILES string of the molecule is O=S(=O)(O)C(c1ccc(Cl)cc1)(c1cc(O)cc(Cl)c1)c1c(Cl)cc(O)cc1Cl. The van der Waals surface area contributed by atoms with Gasteiger partial charge in [-0.05, 0) is 53.6 Å². The van der Waals surface area contributed by atoms with Gasteiger partial charge in [0.15, 0.2) is 4.75 Å². The summed E-state index contributed by atoms with van der Waals surface area (Å²) >= 11 is 24.6. The minimum absolute atomic E-state index is 0.00742. The number of benzene rings is 3. The maximum Gasteiger partial charge on any atom is 0.283 e. The number of hydrogen-bond donors (Lipinski definition) is 3. The van der Waals surface area contributed by atoms with Gasteiger partial charge in [-0.3, -0.25) is 4.55 Å². The molecule has 0 amide bonds. The fourth-order valence-corrected chi connectivity index (χ4v) is 5.79. The molecular weight excluding hydrogens is 482 g/mol. The van der Waals surface area contributed by atoms with Crippen LogP contribution in [0.2, 0.25) is 20.1 Å². The van der Waals surface area contributed by atoms with E-state index in [4.69, 9.17) is 46.4 Å². The van der Waals surface area contributed by atoms with Gasteiger partial charge in [0.05, 0.1) is 10.0 Å². The lowest BCUT2D eigenvalue weighted by Crippen LogP contribution is -2.38. The maximum absolute atomic E-state index is 13.0. The lowest BCUT2D eigenvalue weighted by molar-refractivity contribution is 0.455. The van der Waals surface area contributed by atoms with E-state index >= 15 is 0 Å². The average molecular weight is 494 g/mol. The molecule has 0 aromatic heterocycles. The zero-order chi connectivity index (χ0) is 21.6. The first kappa shape index (κ1) is 22.0. The number of phenolic OH excluding ortho intramolecular Hbond substituents is 2. The van der Waals surface area contributed by atoms with Crippen LogP contribution in [0.5, 0.6) is 11.5 Å². The second kappa shape index (κ2) is 7.87. The van der Waals surface area contributed by atoms with E-state index in [1.165, 1.54) is 36.4 Å². The van der Waals surface area contributed by atoms with Crippen LogP contribution in [0.3, 0.4) is 0 Å². The van der Waals surface area contributed by atoms with Crippen LogP contribution in [0.25, 0.3) is 0 Å². The van der Waals surface area contributed by atoms with Crippen molar-refractivity contribution in [2.75, 3.05) is 0 Å². The fraction of sp³-hybridized carbons (Fsp3) is 0.0526. The Morgan fingerprint density at radius 3 is 1.69 bits per heavy atom. The summed E-state index contributed by atoms with van der Waals surface area (Å²) in [4.78, 5) is 0. The Bertz CT molecular complexity index is 1150. The molecule has 10 heteroatoms. The highest BCUT2D eigenvalue weighted by atomic mass is 35.5. The molecule has 3 aromatic rings. The third-order valence-corrected chi connectivity index (χ3v) is 6.82. The first-order chi connectivity index (χ1) is 13.5. The fourth-order valence-electron chi connectivity index (χ4n) is 3.24. The molecule has 3 N–H and O–H groups in total. The molecule has 0 aliphatic rings. The van der Waals surface area contributed by atoms with Crippen molar-refractivity contribution in [3.63, 3.8) is 0 Å². The predicted octanol–water partition coefficient (Wildman–Crippen LogP) is 5.89. The van der Waals surface area contributed by atoms with E-state index in [9.17, 15) is 23.2 Å². The van der Waals surface area contributed by atoms with E-state index in [1.54, 1.807) is 0 Å². The topological polar surface area (TPSA) is 94.8 Å². The Balaban J connectivity index is 2.61. The summed E-state index contributed by atoms with van der Waals surface area (Å²) in [6, 6.07) is 11.3. The molecule has 0 heterocycles. The van der Waals surface area contributed by atoms with Crippen LogP contribution in [0.1, 0.15) is 16.7 Å². The Morgan fingerprint density at radius 2 is 1.21 bits per heavy atom. The minimum atomic E-state index is -5.05. The summed E-state index contributed by atoms with van der Waals surface area (Å²) in [7, 11) is -5.05. The molecule has 3 rings (SSSR count). The lowest BCUT2D eigenvalue weighted by atomic mass is 9.83. The smallest absolute Gasteiger partial charge is 0.283 e. The highest BCUT2D eigenvalue weighted by Gasteiger charge is 2.51. The third-order valence-electron chi connectivity index (χ3n) is 4.31. The standard InChI is InChI=1S/C19H12Cl4O5S/c20-12-3-1-10(2-4-12)19(29(26,27)28,11-5-13(21)7-14(24)6-11)18-16(22)8-15(25)9-17(18)23/h1-9,24-25H,(H,26,27,28). The molecular formula is C19H12Cl4O5S. The molecule has 5 nitrogen and oxygen atoms in total. The first-order valence-corrected chi connectivity index (χ1v) is 10.8. The largest absolute Gasteiger partial charge is 0.508 e. The van der Waals surface area contributed by atoms with Crippen LogP contribution >= 0.6 is 46.4 Å². The summed E-state index contributed by atoms with van der Waals surface area (Å²) in [6.45, 7) is 0. The molecule has 152 valence electrons. The maximum atomic E-state index is 13.0. The van der Waals surface area contributed by atoms with Gasteiger partial charge < -0.3 is 10.2 Å². The molecule has 0 radical (unpaired) electrons. The van der Waals surface area contributed by atoms with Crippen molar-refractivity contribution in [2.24, 2.45) is 0 Å². The van der Waals surface area contributed by atoms with E-state index < -0.39 is 14.9 Å². The van der Waals surface area contributed by atoms with Gasteiger partial charge in [-0.15, -0.1) is 0 Å². The molecule has 0 saturated carbocycles. The summed E-state index contributed by atoms with van der Waals surface area (Å²) in [5.41, 5.74) is -0.326. The van der Waals surface area contributed by atoms with Gasteiger partial charge in [-0.1, -0.05) is 58.5 Å². The average Bonchev–Trinajstić information content (AvgIpc) is 2.57. The number of rotatable bonds is 4. The Kier molecular flexibility index (Phi) is 5.98. The molecule has 0 fully saturated rings. The monoisotopic (exact) mass is 492 g/mol. The van der Waals surface area contributed by atoms with Crippen molar-refractivity contribution in [3.05, 3.63) is 91.4 Å². The summed E-state index contributed by atoms with van der Waals surface area (Å²) < 4.78 is 34.0. The van der Waals surface area contributed by atoms with Crippen molar-refractivity contribution in [2.45, 2.75) is 4.75 Å². The molecule has 0 saturated heterocycles. The summed E-state index contributed by atoms with van der Waals surface area (Å²) in [6.07, 6.45) is 0. The third kappa shape index (κ3) is 3.89. The second-order valence-corrected chi connectivity index (χ2v) is 9.40. The van der Waals surface area contributed by atoms with Crippen LogP contribution in [0.4, 0.5) is 0 Å². The van der Waals surface area contributed by atoms with Gasteiger partial charge in [0.1, 0.15) is 11.5 Å². The molecule has 1 unspecified atom stereocenters. The van der Waals surface area contributed by atoms with Crippen molar-refractivity contribution in [1.82, 2.24) is 0 Å². The molecule has 3 aromatic carbocycles. The van der Waals surface area contributed by atoms with E-state index in [1.807, 2.05) is 0 Å². The normalized spacial score (nSPS) is 13.8. The van der Waals surface area contributed by atoms with E-state index in [2.05, 4.69) is 0 Å². The Labute approximate surface area is 186 Å². The van der Waals surface area contributed by atoms with E-state index in [-0.39, 0.29) is 43.3 Å². The Morgan fingerprint density at radius 1 is 0.690 bits per heavy atom. The molecule has 0 spiro atoms. The van der Waals surface area contributed by atoms with Gasteiger partial charge in [0, 0.05) is 15.6 Å². The van der Waals surface area contributed by atoms with Crippen molar-refractivity contribution >= 4 is 56.5 Å². The highest BCUT2D eigenvalue weighted by molar-refractivity contribution is 7.87. The van der Waals surface area contributed by atoms with E-state index in [0.717, 1.165) is 18.2 Å². The van der Waals surface area contributed by atoms with Gasteiger partial charge in [-0.2, -0.15) is 8.42 Å². The van der Waals surface area contributed by atoms with Crippen molar-refractivity contribution in [3.8, 4) is 11.5 Å². The zero-order valence-electron chi connectivity index (χ0n) is 14.3. The summed E-state index contributed by atoms with van der Waals surface area (Å²) in [5, 5.41) is 19.7. The van der Waals surface area contributed by atoms with Crippen molar-refractivity contribution in [1.29, 1.82) is 0 Å². The van der Waals surface area contributed by atoms with Crippen LogP contribution < -0.4 is 0 Å². The van der Waals surface area contributed by atoms with Crippen LogP contribution in [-0.2, 0) is 14.9 Å². The number of aromatic hydroxyl groups is 2. The van der Waals surface area contributed by atoms with Crippen LogP contribution in [-0.4, -0.2) is 23.2 Å². The van der Waals surface area contributed by atoms with Crippen molar-refractivity contribution < 1.29 is 23.2 Å². The lowest BCUT2D eigenvalue weighted by Gasteiger charge is -2.34. The quantitative estimate of drug-likeness (QED) is 0.311. The zero-order valence-corrected chi connectivity index (χ0v) is 18.1. The second-order valence-electron chi connectivity index (χ2n) is 6.15. The molecule has 1 atom stereocenters. The van der Waals surface area contributed by atoms with Gasteiger partial charge in [-0.25, -0.2) is 0 Å². The molecule has 0 bridgehead atoms. The Hall–Kier alpha value is -1.67. The minimum Gasteiger partial charge on any atom is -0.508 e. The van der Waals surface area contributed by atoms with Gasteiger partial charge in [0.2, 0.25) is 0 Å². The summed E-state index contributed by atoms with van der Waals surface area (Å²) in [5.74, 6) is -0.654. The number of hydrogen-bond acceptors (Lipinski definition) is 4. The molecule has 29 heavy (non-hydrogen) atoms. The van der Waals surface area contributed by atoms with Crippen LogP contribution in [0.15, 0.2) is 54.6 Å². The highest BCUT2D eigenvalue weighted by Crippen LogP contribution is 2.51. The predicted molar refractivity (Wildman–Crippen MR) is 114 cm³/mol. The number of halogens is 4. The van der Waals surface area contributed by atoms with Crippen LogP contribution in [0, 0.1) is 0 Å². The number of phenols is 2. The van der Waals surface area contributed by atoms with Gasteiger partial charge >= 0.3 is 0 Å². The van der Waals surface area contributed by atoms with Gasteiger partial charge in [0.25, 0.3) is 10.1 Å². The first-order valence-electron chi connectivity index (χ1n) is 7.88. The van der Waals surface area contributed by atoms with E-state index in [0.29, 0.717) is 5.02 Å². The molecule has 0 aliphatic carbocycles.